The lowest BCUT2D eigenvalue weighted by Crippen LogP contribution is -2.04. The van der Waals surface area contributed by atoms with E-state index in [0.29, 0.717) is 23.9 Å². The number of aromatic amines is 1. The fraction of sp³-hybridized carbons (Fsp3) is 0.727. The van der Waals surface area contributed by atoms with Gasteiger partial charge in [-0.3, -0.25) is 9.89 Å². The summed E-state index contributed by atoms with van der Waals surface area (Å²) in [7, 11) is 0. The van der Waals surface area contributed by atoms with Gasteiger partial charge in [0.15, 0.2) is 0 Å². The van der Waals surface area contributed by atoms with Crippen molar-refractivity contribution >= 4 is 17.7 Å². The monoisotopic (exact) mass is 257 g/mol. The Balaban J connectivity index is 2.22. The summed E-state index contributed by atoms with van der Waals surface area (Å²) in [6, 6.07) is 0. The quantitative estimate of drug-likeness (QED) is 0.571. The van der Waals surface area contributed by atoms with Gasteiger partial charge in [0.25, 0.3) is 0 Å². The van der Waals surface area contributed by atoms with Crippen molar-refractivity contribution in [3.05, 3.63) is 5.82 Å². The highest BCUT2D eigenvalue weighted by atomic mass is 32.2. The molecule has 1 N–H and O–H groups in total. The third kappa shape index (κ3) is 5.72. The van der Waals surface area contributed by atoms with E-state index in [4.69, 9.17) is 4.74 Å². The summed E-state index contributed by atoms with van der Waals surface area (Å²) in [4.78, 5) is 15.4. The molecule has 0 spiro atoms. The first-order chi connectivity index (χ1) is 8.26. The Bertz CT molecular complexity index is 341. The summed E-state index contributed by atoms with van der Waals surface area (Å²) >= 11 is 1.47. The van der Waals surface area contributed by atoms with Gasteiger partial charge < -0.3 is 4.74 Å². The second-order valence-electron chi connectivity index (χ2n) is 3.57. The van der Waals surface area contributed by atoms with Crippen LogP contribution in [0.25, 0.3) is 0 Å². The molecule has 0 amide bonds. The summed E-state index contributed by atoms with van der Waals surface area (Å²) < 4.78 is 4.84. The zero-order valence-electron chi connectivity index (χ0n) is 10.4. The van der Waals surface area contributed by atoms with Gasteiger partial charge in [-0.05, 0) is 13.3 Å². The lowest BCUT2D eigenvalue weighted by atomic mass is 10.2. The smallest absolute Gasteiger partial charge is 0.306 e. The van der Waals surface area contributed by atoms with Crippen molar-refractivity contribution in [1.29, 1.82) is 0 Å². The van der Waals surface area contributed by atoms with Gasteiger partial charge in [0.2, 0.25) is 5.16 Å². The third-order valence-corrected chi connectivity index (χ3v) is 2.97. The highest BCUT2D eigenvalue weighted by Crippen LogP contribution is 2.14. The van der Waals surface area contributed by atoms with Crippen molar-refractivity contribution in [2.45, 2.75) is 44.7 Å². The molecule has 0 radical (unpaired) electrons. The molecule has 0 saturated carbocycles. The number of ether oxygens (including phenoxy) is 1. The summed E-state index contributed by atoms with van der Waals surface area (Å²) in [5.41, 5.74) is 0. The molecule has 0 bridgehead atoms. The molecule has 1 rings (SSSR count). The van der Waals surface area contributed by atoms with Crippen LogP contribution in [0.5, 0.6) is 0 Å². The van der Waals surface area contributed by atoms with E-state index in [2.05, 4.69) is 22.1 Å². The van der Waals surface area contributed by atoms with Crippen LogP contribution in [-0.2, 0) is 16.0 Å². The van der Waals surface area contributed by atoms with Crippen LogP contribution in [0, 0.1) is 0 Å². The predicted octanol–water partition coefficient (Wildman–Crippen LogP) is 2.19. The van der Waals surface area contributed by atoms with Gasteiger partial charge in [-0.2, -0.15) is 0 Å². The number of carbonyl (C=O) groups is 1. The second-order valence-corrected chi connectivity index (χ2v) is 4.63. The number of thioether (sulfide) groups is 1. The zero-order chi connectivity index (χ0) is 12.5. The number of carbonyl (C=O) groups excluding carboxylic acids is 1. The molecule has 96 valence electrons. The number of nitrogens with zero attached hydrogens (tertiary/aromatic N) is 2. The molecule has 6 heteroatoms. The zero-order valence-corrected chi connectivity index (χ0v) is 11.2. The predicted molar refractivity (Wildman–Crippen MR) is 67.0 cm³/mol. The topological polar surface area (TPSA) is 67.9 Å². The Kier molecular flexibility index (Phi) is 6.69. The number of hydrogen-bond donors (Lipinski definition) is 1. The van der Waals surface area contributed by atoms with E-state index >= 15 is 0 Å². The van der Waals surface area contributed by atoms with Crippen LogP contribution in [0.3, 0.4) is 0 Å². The lowest BCUT2D eigenvalue weighted by Gasteiger charge is -1.99. The van der Waals surface area contributed by atoms with Crippen LogP contribution >= 0.6 is 11.8 Å². The third-order valence-electron chi connectivity index (χ3n) is 2.12. The Hall–Kier alpha value is -1.04. The van der Waals surface area contributed by atoms with E-state index in [1.165, 1.54) is 11.8 Å². The number of unbranched alkanes of at least 4 members (excludes halogenated alkanes) is 1. The Labute approximate surface area is 106 Å². The van der Waals surface area contributed by atoms with E-state index < -0.39 is 0 Å². The fourth-order valence-electron chi connectivity index (χ4n) is 1.26. The summed E-state index contributed by atoms with van der Waals surface area (Å²) in [6.45, 7) is 4.39. The molecular weight excluding hydrogens is 238 g/mol. The molecule has 1 aromatic heterocycles. The molecule has 17 heavy (non-hydrogen) atoms. The number of nitrogens with one attached hydrogen (secondary N) is 1. The van der Waals surface area contributed by atoms with Crippen molar-refractivity contribution in [2.24, 2.45) is 0 Å². The molecule has 0 unspecified atom stereocenters. The minimum absolute atomic E-state index is 0.165. The molecule has 1 heterocycles. The number of rotatable bonds is 8. The van der Waals surface area contributed by atoms with Gasteiger partial charge in [0, 0.05) is 12.2 Å². The highest BCUT2D eigenvalue weighted by Gasteiger charge is 2.06. The number of H-pyrrole nitrogens is 1. The summed E-state index contributed by atoms with van der Waals surface area (Å²) in [5.74, 6) is 1.41. The standard InChI is InChI=1S/C11H19N3O2S/c1-3-5-6-9-12-11(14-13-9)17-8-7-10(15)16-4-2/h3-8H2,1-2H3,(H,12,13,14). The minimum Gasteiger partial charge on any atom is -0.466 e. The number of aromatic nitrogens is 3. The van der Waals surface area contributed by atoms with E-state index in [-0.39, 0.29) is 5.97 Å². The van der Waals surface area contributed by atoms with E-state index in [9.17, 15) is 4.79 Å². The average Bonchev–Trinajstić information content (AvgIpc) is 2.75. The van der Waals surface area contributed by atoms with E-state index in [1.807, 2.05) is 0 Å². The first kappa shape index (κ1) is 14.0. The fourth-order valence-corrected chi connectivity index (χ4v) is 1.99. The van der Waals surface area contributed by atoms with Crippen LogP contribution in [0.4, 0.5) is 0 Å². The van der Waals surface area contributed by atoms with Gasteiger partial charge in [-0.1, -0.05) is 25.1 Å². The van der Waals surface area contributed by atoms with Gasteiger partial charge in [-0.15, -0.1) is 5.10 Å². The van der Waals surface area contributed by atoms with Crippen molar-refractivity contribution in [2.75, 3.05) is 12.4 Å². The normalized spacial score (nSPS) is 10.5. The summed E-state index contributed by atoms with van der Waals surface area (Å²) in [6.07, 6.45) is 3.59. The Morgan fingerprint density at radius 1 is 1.47 bits per heavy atom. The Morgan fingerprint density at radius 2 is 2.29 bits per heavy atom. The number of hydrogen-bond acceptors (Lipinski definition) is 5. The molecule has 5 nitrogen and oxygen atoms in total. The van der Waals surface area contributed by atoms with Crippen LogP contribution in [0.2, 0.25) is 0 Å². The maximum atomic E-state index is 11.1. The molecular formula is C11H19N3O2S. The molecule has 1 aromatic rings. The molecule has 0 aliphatic heterocycles. The summed E-state index contributed by atoms with van der Waals surface area (Å²) in [5, 5.41) is 7.70. The van der Waals surface area contributed by atoms with Crippen LogP contribution < -0.4 is 0 Å². The molecule has 0 fully saturated rings. The van der Waals surface area contributed by atoms with Crippen molar-refractivity contribution in [3.63, 3.8) is 0 Å². The molecule has 0 aliphatic rings. The minimum atomic E-state index is -0.165. The second kappa shape index (κ2) is 8.11. The van der Waals surface area contributed by atoms with Gasteiger partial charge in [0.05, 0.1) is 13.0 Å². The van der Waals surface area contributed by atoms with Gasteiger partial charge in [-0.25, -0.2) is 4.98 Å². The van der Waals surface area contributed by atoms with Crippen molar-refractivity contribution in [3.8, 4) is 0 Å². The van der Waals surface area contributed by atoms with E-state index in [1.54, 1.807) is 6.92 Å². The first-order valence-electron chi connectivity index (χ1n) is 5.96. The molecule has 0 saturated heterocycles. The molecule has 0 aromatic carbocycles. The van der Waals surface area contributed by atoms with Crippen LogP contribution in [0.1, 0.15) is 38.9 Å². The number of esters is 1. The SMILES string of the molecule is CCCCc1nc(SCCC(=O)OCC)n[nH]1. The van der Waals surface area contributed by atoms with Crippen LogP contribution in [-0.4, -0.2) is 33.5 Å². The maximum Gasteiger partial charge on any atom is 0.306 e. The van der Waals surface area contributed by atoms with Crippen molar-refractivity contribution < 1.29 is 9.53 Å². The van der Waals surface area contributed by atoms with Gasteiger partial charge >= 0.3 is 5.97 Å². The molecule has 0 atom stereocenters. The van der Waals surface area contributed by atoms with Crippen molar-refractivity contribution in [1.82, 2.24) is 15.2 Å². The number of aryl methyl sites for hydroxylation is 1. The van der Waals surface area contributed by atoms with Gasteiger partial charge in [0.1, 0.15) is 5.82 Å². The first-order valence-corrected chi connectivity index (χ1v) is 6.94. The highest BCUT2D eigenvalue weighted by molar-refractivity contribution is 7.99. The van der Waals surface area contributed by atoms with E-state index in [0.717, 1.165) is 25.1 Å². The maximum absolute atomic E-state index is 11.1. The largest absolute Gasteiger partial charge is 0.466 e. The van der Waals surface area contributed by atoms with Crippen LogP contribution in [0.15, 0.2) is 5.16 Å². The Morgan fingerprint density at radius 3 is 3.00 bits per heavy atom. The average molecular weight is 257 g/mol. The molecule has 0 aliphatic carbocycles. The lowest BCUT2D eigenvalue weighted by molar-refractivity contribution is -0.142.